The van der Waals surface area contributed by atoms with E-state index in [-0.39, 0.29) is 18.5 Å². The second kappa shape index (κ2) is 9.55. The summed E-state index contributed by atoms with van der Waals surface area (Å²) in [7, 11) is 1.63. The summed E-state index contributed by atoms with van der Waals surface area (Å²) < 4.78 is 17.3. The van der Waals surface area contributed by atoms with Crippen molar-refractivity contribution in [2.24, 2.45) is 0 Å². The predicted molar refractivity (Wildman–Crippen MR) is 93.3 cm³/mol. The van der Waals surface area contributed by atoms with E-state index < -0.39 is 6.67 Å². The van der Waals surface area contributed by atoms with Gasteiger partial charge in [-0.1, -0.05) is 42.5 Å². The van der Waals surface area contributed by atoms with Crippen molar-refractivity contribution in [2.75, 3.05) is 26.9 Å². The second-order valence-electron chi connectivity index (χ2n) is 5.49. The minimum absolute atomic E-state index is 0.0255. The van der Waals surface area contributed by atoms with Crippen LogP contribution in [0, 0.1) is 0 Å². The first-order valence-electron chi connectivity index (χ1n) is 7.98. The summed E-state index contributed by atoms with van der Waals surface area (Å²) in [6, 6.07) is 17.6. The third kappa shape index (κ3) is 5.57. The van der Waals surface area contributed by atoms with Crippen molar-refractivity contribution in [3.8, 4) is 5.75 Å². The molecule has 0 aliphatic heterocycles. The highest BCUT2D eigenvalue weighted by atomic mass is 19.1. The summed E-state index contributed by atoms with van der Waals surface area (Å²) in [5, 5.41) is 5.29. The number of urea groups is 1. The van der Waals surface area contributed by atoms with Crippen LogP contribution >= 0.6 is 0 Å². The second-order valence-corrected chi connectivity index (χ2v) is 5.49. The molecule has 2 aromatic rings. The number of amides is 2. The van der Waals surface area contributed by atoms with Crippen molar-refractivity contribution in [3.05, 3.63) is 65.7 Å². The lowest BCUT2D eigenvalue weighted by Gasteiger charge is -2.19. The van der Waals surface area contributed by atoms with Gasteiger partial charge in [0.05, 0.1) is 7.11 Å². The lowest BCUT2D eigenvalue weighted by Crippen LogP contribution is -2.39. The van der Waals surface area contributed by atoms with Gasteiger partial charge < -0.3 is 15.4 Å². The molecule has 2 N–H and O–H groups in total. The van der Waals surface area contributed by atoms with Crippen LogP contribution in [0.4, 0.5) is 9.18 Å². The molecule has 0 saturated heterocycles. The van der Waals surface area contributed by atoms with Crippen molar-refractivity contribution in [3.63, 3.8) is 0 Å². The van der Waals surface area contributed by atoms with Gasteiger partial charge in [-0.3, -0.25) is 0 Å². The minimum atomic E-state index is -0.570. The maximum Gasteiger partial charge on any atom is 0.314 e. The van der Waals surface area contributed by atoms with Gasteiger partial charge in [0.25, 0.3) is 0 Å². The van der Waals surface area contributed by atoms with Crippen molar-refractivity contribution in [1.82, 2.24) is 10.6 Å². The molecule has 0 aromatic heterocycles. The van der Waals surface area contributed by atoms with E-state index >= 15 is 0 Å². The van der Waals surface area contributed by atoms with Gasteiger partial charge in [0, 0.05) is 19.0 Å². The Bertz CT molecular complexity index is 617. The number of nitrogens with one attached hydrogen (secondary N) is 2. The summed E-state index contributed by atoms with van der Waals surface area (Å²) in [5.41, 5.74) is 2.31. The van der Waals surface area contributed by atoms with E-state index in [0.29, 0.717) is 6.54 Å². The molecule has 0 fully saturated rings. The summed E-state index contributed by atoms with van der Waals surface area (Å²) in [5.74, 6) is 0.917. The van der Waals surface area contributed by atoms with Crippen LogP contribution in [0.15, 0.2) is 54.6 Å². The fraction of sp³-hybridized carbons (Fsp3) is 0.316. The first-order chi connectivity index (χ1) is 11.7. The monoisotopic (exact) mass is 330 g/mol. The lowest BCUT2D eigenvalue weighted by molar-refractivity contribution is 0.239. The molecule has 5 heteroatoms. The van der Waals surface area contributed by atoms with E-state index in [9.17, 15) is 9.18 Å². The van der Waals surface area contributed by atoms with E-state index in [4.69, 9.17) is 4.74 Å². The van der Waals surface area contributed by atoms with E-state index in [2.05, 4.69) is 22.8 Å². The van der Waals surface area contributed by atoms with Crippen LogP contribution in [0.25, 0.3) is 0 Å². The third-order valence-corrected chi connectivity index (χ3v) is 3.80. The molecule has 128 valence electrons. The Morgan fingerprint density at radius 3 is 2.42 bits per heavy atom. The van der Waals surface area contributed by atoms with E-state index in [1.54, 1.807) is 7.11 Å². The van der Waals surface area contributed by atoms with Crippen LogP contribution in [0.1, 0.15) is 17.0 Å². The molecule has 0 aliphatic carbocycles. The Morgan fingerprint density at radius 1 is 1.08 bits per heavy atom. The van der Waals surface area contributed by atoms with Gasteiger partial charge in [0.2, 0.25) is 0 Å². The Labute approximate surface area is 142 Å². The number of carbonyl (C=O) groups is 1. The zero-order valence-electron chi connectivity index (χ0n) is 13.8. The molecule has 0 saturated carbocycles. The molecule has 0 aliphatic rings. The number of alkyl halides is 1. The first-order valence-corrected chi connectivity index (χ1v) is 7.98. The number of rotatable bonds is 8. The SMILES string of the molecule is COc1ccc(C(CNC(=O)NCCF)Cc2ccccc2)cc1. The molecule has 2 aromatic carbocycles. The fourth-order valence-electron chi connectivity index (χ4n) is 2.52. The highest BCUT2D eigenvalue weighted by Crippen LogP contribution is 2.23. The maximum absolute atomic E-state index is 12.1. The zero-order chi connectivity index (χ0) is 17.2. The molecule has 1 unspecified atom stereocenters. The highest BCUT2D eigenvalue weighted by molar-refractivity contribution is 5.73. The zero-order valence-corrected chi connectivity index (χ0v) is 13.8. The van der Waals surface area contributed by atoms with Gasteiger partial charge >= 0.3 is 6.03 Å². The molecule has 1 atom stereocenters. The molecule has 2 amide bonds. The normalized spacial score (nSPS) is 11.6. The number of ether oxygens (including phenoxy) is 1. The number of hydrogen-bond acceptors (Lipinski definition) is 2. The average Bonchev–Trinajstić information content (AvgIpc) is 2.64. The quantitative estimate of drug-likeness (QED) is 0.780. The van der Waals surface area contributed by atoms with Crippen LogP contribution in [0.5, 0.6) is 5.75 Å². The molecule has 0 bridgehead atoms. The number of halogens is 1. The summed E-state index contributed by atoms with van der Waals surface area (Å²) in [6.07, 6.45) is 0.802. The number of carbonyl (C=O) groups excluding carboxylic acids is 1. The van der Waals surface area contributed by atoms with Crippen LogP contribution in [-0.2, 0) is 6.42 Å². The van der Waals surface area contributed by atoms with E-state index in [1.165, 1.54) is 5.56 Å². The van der Waals surface area contributed by atoms with Crippen LogP contribution < -0.4 is 15.4 Å². The first kappa shape index (κ1) is 17.8. The van der Waals surface area contributed by atoms with Crippen LogP contribution in [0.2, 0.25) is 0 Å². The highest BCUT2D eigenvalue weighted by Gasteiger charge is 2.14. The van der Waals surface area contributed by atoms with Gasteiger partial charge in [0.1, 0.15) is 12.4 Å². The maximum atomic E-state index is 12.1. The smallest absolute Gasteiger partial charge is 0.314 e. The molecule has 0 spiro atoms. The van der Waals surface area contributed by atoms with Gasteiger partial charge in [-0.15, -0.1) is 0 Å². The number of hydrogen-bond donors (Lipinski definition) is 2. The Morgan fingerprint density at radius 2 is 1.79 bits per heavy atom. The molecule has 24 heavy (non-hydrogen) atoms. The average molecular weight is 330 g/mol. The predicted octanol–water partition coefficient (Wildman–Crippen LogP) is 3.29. The van der Waals surface area contributed by atoms with Gasteiger partial charge in [-0.05, 0) is 29.7 Å². The summed E-state index contributed by atoms with van der Waals surface area (Å²) >= 11 is 0. The van der Waals surface area contributed by atoms with Gasteiger partial charge in [0.15, 0.2) is 0 Å². The molecular formula is C19H23FN2O2. The molecule has 4 nitrogen and oxygen atoms in total. The molecule has 0 heterocycles. The molecular weight excluding hydrogens is 307 g/mol. The van der Waals surface area contributed by atoms with Crippen molar-refractivity contribution in [2.45, 2.75) is 12.3 Å². The van der Waals surface area contributed by atoms with Crippen LogP contribution in [-0.4, -0.2) is 32.9 Å². The van der Waals surface area contributed by atoms with Gasteiger partial charge in [-0.2, -0.15) is 0 Å². The Kier molecular flexibility index (Phi) is 7.08. The molecule has 0 radical (unpaired) electrons. The standard InChI is InChI=1S/C19H23FN2O2/c1-24-18-9-7-16(8-10-18)17(13-15-5-3-2-4-6-15)14-22-19(23)21-12-11-20/h2-10,17H,11-14H2,1H3,(H2,21,22,23). The van der Waals surface area contributed by atoms with Crippen LogP contribution in [0.3, 0.4) is 0 Å². The number of benzene rings is 2. The fourth-order valence-corrected chi connectivity index (χ4v) is 2.52. The van der Waals surface area contributed by atoms with Crippen molar-refractivity contribution >= 4 is 6.03 Å². The van der Waals surface area contributed by atoms with Crippen molar-refractivity contribution in [1.29, 1.82) is 0 Å². The van der Waals surface area contributed by atoms with Crippen molar-refractivity contribution < 1.29 is 13.9 Å². The Hall–Kier alpha value is -2.56. The largest absolute Gasteiger partial charge is 0.497 e. The van der Waals surface area contributed by atoms with Gasteiger partial charge in [-0.25, -0.2) is 9.18 Å². The summed E-state index contributed by atoms with van der Waals surface area (Å²) in [4.78, 5) is 11.7. The van der Waals surface area contributed by atoms with E-state index in [0.717, 1.165) is 17.7 Å². The number of methoxy groups -OCH3 is 1. The lowest BCUT2D eigenvalue weighted by atomic mass is 9.92. The summed E-state index contributed by atoms with van der Waals surface area (Å²) in [6.45, 7) is -0.0730. The third-order valence-electron chi connectivity index (χ3n) is 3.80. The Balaban J connectivity index is 2.06. The minimum Gasteiger partial charge on any atom is -0.497 e. The molecule has 2 rings (SSSR count). The van der Waals surface area contributed by atoms with E-state index in [1.807, 2.05) is 42.5 Å². The topological polar surface area (TPSA) is 50.4 Å².